The quantitative estimate of drug-likeness (QED) is 0.814. The monoisotopic (exact) mass is 343 g/mol. The molecule has 92 valence electrons. The van der Waals surface area contributed by atoms with Crippen molar-refractivity contribution in [1.82, 2.24) is 5.32 Å². The summed E-state index contributed by atoms with van der Waals surface area (Å²) < 4.78 is 1.16. The third-order valence-electron chi connectivity index (χ3n) is 3.47. The van der Waals surface area contributed by atoms with E-state index >= 15 is 0 Å². The molecule has 0 aromatic heterocycles. The summed E-state index contributed by atoms with van der Waals surface area (Å²) >= 11 is 2.24. The van der Waals surface area contributed by atoms with Crippen LogP contribution in [0.4, 0.5) is 0 Å². The molecule has 2 rings (SSSR count). The molecule has 3 heteroatoms. The van der Waals surface area contributed by atoms with Crippen LogP contribution in [-0.4, -0.2) is 12.5 Å². The highest BCUT2D eigenvalue weighted by Gasteiger charge is 2.41. The van der Waals surface area contributed by atoms with Crippen molar-refractivity contribution in [2.24, 2.45) is 5.41 Å². The second-order valence-electron chi connectivity index (χ2n) is 4.94. The second-order valence-corrected chi connectivity index (χ2v) is 6.19. The fourth-order valence-electron chi connectivity index (χ4n) is 2.19. The van der Waals surface area contributed by atoms with Crippen molar-refractivity contribution in [3.8, 4) is 0 Å². The average Bonchev–Trinajstić information content (AvgIpc) is 3.08. The van der Waals surface area contributed by atoms with Gasteiger partial charge in [-0.2, -0.15) is 0 Å². The van der Waals surface area contributed by atoms with Gasteiger partial charge in [0.05, 0.1) is 0 Å². The number of amides is 1. The zero-order valence-corrected chi connectivity index (χ0v) is 12.3. The topological polar surface area (TPSA) is 29.1 Å². The van der Waals surface area contributed by atoms with Gasteiger partial charge in [0.25, 0.3) is 5.91 Å². The van der Waals surface area contributed by atoms with Crippen LogP contribution in [-0.2, 0) is 0 Å². The predicted molar refractivity (Wildman–Crippen MR) is 78.1 cm³/mol. The van der Waals surface area contributed by atoms with E-state index in [1.165, 1.54) is 25.7 Å². The minimum Gasteiger partial charge on any atom is -0.351 e. The zero-order valence-electron chi connectivity index (χ0n) is 10.1. The standard InChI is InChI=1S/C14H18INO/c1-2-7-14(8-9-14)10-16-13(17)11-3-5-12(15)6-4-11/h3-6H,2,7-10H2,1H3,(H,16,17). The van der Waals surface area contributed by atoms with Crippen LogP contribution in [0.5, 0.6) is 0 Å². The molecule has 1 saturated carbocycles. The van der Waals surface area contributed by atoms with E-state index < -0.39 is 0 Å². The Balaban J connectivity index is 1.87. The lowest BCUT2D eigenvalue weighted by Gasteiger charge is -2.14. The molecule has 0 spiro atoms. The van der Waals surface area contributed by atoms with Crippen molar-refractivity contribution < 1.29 is 4.79 Å². The summed E-state index contributed by atoms with van der Waals surface area (Å²) in [6.45, 7) is 3.05. The maximum absolute atomic E-state index is 11.9. The molecular formula is C14H18INO. The van der Waals surface area contributed by atoms with E-state index in [4.69, 9.17) is 0 Å². The molecule has 1 aromatic carbocycles. The summed E-state index contributed by atoms with van der Waals surface area (Å²) in [4.78, 5) is 11.9. The number of rotatable bonds is 5. The highest BCUT2D eigenvalue weighted by molar-refractivity contribution is 14.1. The van der Waals surface area contributed by atoms with E-state index in [-0.39, 0.29) is 5.91 Å². The number of benzene rings is 1. The van der Waals surface area contributed by atoms with E-state index in [1.807, 2.05) is 24.3 Å². The van der Waals surface area contributed by atoms with E-state index in [0.29, 0.717) is 5.41 Å². The molecule has 0 atom stereocenters. The minimum atomic E-state index is 0.0591. The summed E-state index contributed by atoms with van der Waals surface area (Å²) in [6.07, 6.45) is 4.99. The van der Waals surface area contributed by atoms with Gasteiger partial charge in [0.15, 0.2) is 0 Å². The molecule has 1 aromatic rings. The van der Waals surface area contributed by atoms with Gasteiger partial charge >= 0.3 is 0 Å². The molecule has 0 bridgehead atoms. The molecule has 1 aliphatic carbocycles. The van der Waals surface area contributed by atoms with Crippen LogP contribution in [0.3, 0.4) is 0 Å². The first-order valence-electron chi connectivity index (χ1n) is 6.19. The van der Waals surface area contributed by atoms with Gasteiger partial charge in [-0.1, -0.05) is 13.3 Å². The number of hydrogen-bond acceptors (Lipinski definition) is 1. The smallest absolute Gasteiger partial charge is 0.251 e. The summed E-state index contributed by atoms with van der Waals surface area (Å²) in [5.74, 6) is 0.0591. The molecular weight excluding hydrogens is 325 g/mol. The molecule has 17 heavy (non-hydrogen) atoms. The highest BCUT2D eigenvalue weighted by atomic mass is 127. The van der Waals surface area contributed by atoms with Gasteiger partial charge in [0.1, 0.15) is 0 Å². The Bertz CT molecular complexity index is 395. The van der Waals surface area contributed by atoms with Gasteiger partial charge in [0.2, 0.25) is 0 Å². The van der Waals surface area contributed by atoms with Crippen LogP contribution in [0.2, 0.25) is 0 Å². The van der Waals surface area contributed by atoms with Gasteiger partial charge in [-0.25, -0.2) is 0 Å². The number of hydrogen-bond donors (Lipinski definition) is 1. The van der Waals surface area contributed by atoms with Crippen molar-refractivity contribution in [3.05, 3.63) is 33.4 Å². The summed E-state index contributed by atoms with van der Waals surface area (Å²) in [5.41, 5.74) is 1.19. The van der Waals surface area contributed by atoms with Crippen molar-refractivity contribution in [3.63, 3.8) is 0 Å². The van der Waals surface area contributed by atoms with E-state index in [9.17, 15) is 4.79 Å². The number of nitrogens with one attached hydrogen (secondary N) is 1. The van der Waals surface area contributed by atoms with Gasteiger partial charge in [0, 0.05) is 15.7 Å². The second kappa shape index (κ2) is 5.38. The van der Waals surface area contributed by atoms with Crippen molar-refractivity contribution in [2.75, 3.05) is 6.54 Å². The van der Waals surface area contributed by atoms with Crippen LogP contribution in [0.15, 0.2) is 24.3 Å². The van der Waals surface area contributed by atoms with Gasteiger partial charge in [-0.15, -0.1) is 0 Å². The molecule has 1 fully saturated rings. The first-order valence-corrected chi connectivity index (χ1v) is 7.27. The third kappa shape index (κ3) is 3.44. The van der Waals surface area contributed by atoms with E-state index in [0.717, 1.165) is 15.7 Å². The zero-order chi connectivity index (χ0) is 12.3. The molecule has 1 aliphatic rings. The van der Waals surface area contributed by atoms with Gasteiger partial charge in [-0.05, 0) is 71.5 Å². The van der Waals surface area contributed by atoms with E-state index in [1.54, 1.807) is 0 Å². The summed E-state index contributed by atoms with van der Waals surface area (Å²) in [5, 5.41) is 3.06. The Hall–Kier alpha value is -0.580. The van der Waals surface area contributed by atoms with Crippen LogP contribution in [0, 0.1) is 8.99 Å². The van der Waals surface area contributed by atoms with Crippen LogP contribution >= 0.6 is 22.6 Å². The maximum atomic E-state index is 11.9. The minimum absolute atomic E-state index is 0.0591. The highest BCUT2D eigenvalue weighted by Crippen LogP contribution is 2.48. The Morgan fingerprint density at radius 1 is 1.35 bits per heavy atom. The third-order valence-corrected chi connectivity index (χ3v) is 4.19. The Labute approximate surface area is 116 Å². The molecule has 1 N–H and O–H groups in total. The Kier molecular flexibility index (Phi) is 4.07. The molecule has 0 heterocycles. The largest absolute Gasteiger partial charge is 0.351 e. The maximum Gasteiger partial charge on any atom is 0.251 e. The van der Waals surface area contributed by atoms with Gasteiger partial charge in [-0.3, -0.25) is 4.79 Å². The molecule has 0 unspecified atom stereocenters. The Morgan fingerprint density at radius 3 is 2.53 bits per heavy atom. The molecule has 0 saturated heterocycles. The fourth-order valence-corrected chi connectivity index (χ4v) is 2.55. The summed E-state index contributed by atoms with van der Waals surface area (Å²) in [6, 6.07) is 7.70. The molecule has 0 radical (unpaired) electrons. The van der Waals surface area contributed by atoms with Crippen LogP contribution in [0.25, 0.3) is 0 Å². The first-order chi connectivity index (χ1) is 8.15. The lowest BCUT2D eigenvalue weighted by atomic mass is 10.0. The van der Waals surface area contributed by atoms with Gasteiger partial charge < -0.3 is 5.32 Å². The van der Waals surface area contributed by atoms with Crippen molar-refractivity contribution in [1.29, 1.82) is 0 Å². The Morgan fingerprint density at radius 2 is 2.00 bits per heavy atom. The lowest BCUT2D eigenvalue weighted by molar-refractivity contribution is 0.0943. The van der Waals surface area contributed by atoms with E-state index in [2.05, 4.69) is 34.8 Å². The normalized spacial score (nSPS) is 16.6. The van der Waals surface area contributed by atoms with Crippen molar-refractivity contribution >= 4 is 28.5 Å². The number of carbonyl (C=O) groups excluding carboxylic acids is 1. The number of carbonyl (C=O) groups is 1. The van der Waals surface area contributed by atoms with Crippen LogP contribution in [0.1, 0.15) is 43.0 Å². The van der Waals surface area contributed by atoms with Crippen molar-refractivity contribution in [2.45, 2.75) is 32.6 Å². The molecule has 1 amide bonds. The summed E-state index contributed by atoms with van der Waals surface area (Å²) in [7, 11) is 0. The van der Waals surface area contributed by atoms with Crippen LogP contribution < -0.4 is 5.32 Å². The fraction of sp³-hybridized carbons (Fsp3) is 0.500. The number of halogens is 1. The molecule has 0 aliphatic heterocycles. The first kappa shape index (κ1) is 12.9. The predicted octanol–water partition coefficient (Wildman–Crippen LogP) is 3.60. The SMILES string of the molecule is CCCC1(CNC(=O)c2ccc(I)cc2)CC1. The average molecular weight is 343 g/mol. The molecule has 2 nitrogen and oxygen atoms in total. The lowest BCUT2D eigenvalue weighted by Crippen LogP contribution is -2.30.